The first-order valence-electron chi connectivity index (χ1n) is 11.5. The van der Waals surface area contributed by atoms with Gasteiger partial charge in [-0.1, -0.05) is 6.42 Å². The molecule has 1 N–H and O–H groups in total. The Balaban J connectivity index is 1.33. The van der Waals surface area contributed by atoms with Crippen molar-refractivity contribution in [2.24, 2.45) is 0 Å². The second kappa shape index (κ2) is 10.8. The Morgan fingerprint density at radius 3 is 2.34 bits per heavy atom. The van der Waals surface area contributed by atoms with Gasteiger partial charge in [0.1, 0.15) is 5.75 Å². The van der Waals surface area contributed by atoms with E-state index in [1.165, 1.54) is 45.5 Å². The quantitative estimate of drug-likeness (QED) is 0.513. The van der Waals surface area contributed by atoms with Crippen LogP contribution in [0.1, 0.15) is 29.6 Å². The lowest BCUT2D eigenvalue weighted by molar-refractivity contribution is 0.0952. The van der Waals surface area contributed by atoms with Crippen molar-refractivity contribution in [1.82, 2.24) is 19.2 Å². The zero-order chi connectivity index (χ0) is 24.8. The highest BCUT2D eigenvalue weighted by atomic mass is 32.2. The first kappa shape index (κ1) is 24.6. The van der Waals surface area contributed by atoms with Crippen molar-refractivity contribution in [2.45, 2.75) is 30.7 Å². The number of nitrogens with one attached hydrogen (secondary N) is 1. The molecule has 0 spiro atoms. The van der Waals surface area contributed by atoms with Crippen LogP contribution in [0, 0.1) is 0 Å². The SMILES string of the molecule is COc1ccc(-c2cc(=O)n(CCNC(=O)c3ccc(S(=O)(=O)N4CCCCC4)cc3)cn2)cc1. The highest BCUT2D eigenvalue weighted by Gasteiger charge is 2.25. The maximum Gasteiger partial charge on any atom is 0.253 e. The molecule has 0 radical (unpaired) electrons. The van der Waals surface area contributed by atoms with Crippen molar-refractivity contribution in [3.05, 3.63) is 76.8 Å². The summed E-state index contributed by atoms with van der Waals surface area (Å²) in [5.74, 6) is 0.374. The third kappa shape index (κ3) is 5.77. The Morgan fingerprint density at radius 2 is 1.71 bits per heavy atom. The number of ether oxygens (including phenoxy) is 1. The number of hydrogen-bond donors (Lipinski definition) is 1. The molecule has 4 rings (SSSR count). The highest BCUT2D eigenvalue weighted by molar-refractivity contribution is 7.89. The fraction of sp³-hybridized carbons (Fsp3) is 0.320. The summed E-state index contributed by atoms with van der Waals surface area (Å²) in [6.07, 6.45) is 4.22. The number of hydrogen-bond acceptors (Lipinski definition) is 6. The van der Waals surface area contributed by atoms with Crippen LogP contribution in [-0.2, 0) is 16.6 Å². The predicted molar refractivity (Wildman–Crippen MR) is 132 cm³/mol. The molecule has 1 amide bonds. The zero-order valence-corrected chi connectivity index (χ0v) is 20.3. The van der Waals surface area contributed by atoms with Gasteiger partial charge in [0.25, 0.3) is 11.5 Å². The molecule has 0 unspecified atom stereocenters. The molecule has 35 heavy (non-hydrogen) atoms. The topological polar surface area (TPSA) is 111 Å². The lowest BCUT2D eigenvalue weighted by Crippen LogP contribution is -2.35. The highest BCUT2D eigenvalue weighted by Crippen LogP contribution is 2.21. The molecule has 2 heterocycles. The van der Waals surface area contributed by atoms with Crippen molar-refractivity contribution >= 4 is 15.9 Å². The zero-order valence-electron chi connectivity index (χ0n) is 19.5. The van der Waals surface area contributed by atoms with Crippen molar-refractivity contribution in [2.75, 3.05) is 26.7 Å². The molecular weight excluding hydrogens is 468 g/mol. The molecule has 9 nitrogen and oxygen atoms in total. The number of methoxy groups -OCH3 is 1. The number of nitrogens with zero attached hydrogens (tertiary/aromatic N) is 3. The van der Waals surface area contributed by atoms with Gasteiger partial charge in [-0.15, -0.1) is 0 Å². The summed E-state index contributed by atoms with van der Waals surface area (Å²) in [7, 11) is -1.95. The van der Waals surface area contributed by atoms with Gasteiger partial charge in [0, 0.05) is 43.4 Å². The monoisotopic (exact) mass is 496 g/mol. The van der Waals surface area contributed by atoms with E-state index in [1.807, 2.05) is 12.1 Å². The molecule has 1 aliphatic heterocycles. The van der Waals surface area contributed by atoms with Gasteiger partial charge in [0.05, 0.1) is 24.0 Å². The molecule has 1 fully saturated rings. The van der Waals surface area contributed by atoms with E-state index >= 15 is 0 Å². The standard InChI is InChI=1S/C25H28N4O5S/c1-34-21-9-5-19(6-10-21)23-17-24(30)28(18-27-23)16-13-26-25(31)20-7-11-22(12-8-20)35(32,33)29-14-3-2-4-15-29/h5-12,17-18H,2-4,13-16H2,1H3,(H,26,31). The Morgan fingerprint density at radius 1 is 1.03 bits per heavy atom. The lowest BCUT2D eigenvalue weighted by atomic mass is 10.1. The number of aromatic nitrogens is 2. The van der Waals surface area contributed by atoms with Crippen LogP contribution in [0.15, 0.2) is 70.6 Å². The Hall–Kier alpha value is -3.50. The second-order valence-corrected chi connectivity index (χ2v) is 10.2. The van der Waals surface area contributed by atoms with Gasteiger partial charge in [-0.2, -0.15) is 4.31 Å². The number of piperidine rings is 1. The molecule has 1 aromatic heterocycles. The van der Waals surface area contributed by atoms with E-state index in [4.69, 9.17) is 4.74 Å². The van der Waals surface area contributed by atoms with E-state index in [2.05, 4.69) is 10.3 Å². The third-order valence-corrected chi connectivity index (χ3v) is 7.89. The summed E-state index contributed by atoms with van der Waals surface area (Å²) in [6, 6.07) is 14.6. The van der Waals surface area contributed by atoms with Crippen molar-refractivity contribution in [3.63, 3.8) is 0 Å². The van der Waals surface area contributed by atoms with Crippen molar-refractivity contribution < 1.29 is 17.9 Å². The molecule has 1 saturated heterocycles. The summed E-state index contributed by atoms with van der Waals surface area (Å²) in [4.78, 5) is 29.5. The summed E-state index contributed by atoms with van der Waals surface area (Å²) in [5.41, 5.74) is 1.47. The number of sulfonamides is 1. The summed E-state index contributed by atoms with van der Waals surface area (Å²) in [5, 5.41) is 2.75. The van der Waals surface area contributed by atoms with Gasteiger partial charge < -0.3 is 10.1 Å². The normalized spacial score (nSPS) is 14.4. The molecule has 0 aliphatic carbocycles. The minimum Gasteiger partial charge on any atom is -0.497 e. The van der Waals surface area contributed by atoms with Crippen LogP contribution in [0.5, 0.6) is 5.75 Å². The maximum atomic E-state index is 12.8. The molecule has 0 atom stereocenters. The van der Waals surface area contributed by atoms with Crippen molar-refractivity contribution in [3.8, 4) is 17.0 Å². The fourth-order valence-corrected chi connectivity index (χ4v) is 5.46. The number of rotatable bonds is 8. The Bertz CT molecular complexity index is 1330. The first-order chi connectivity index (χ1) is 16.9. The van der Waals surface area contributed by atoms with Crippen LogP contribution in [0.25, 0.3) is 11.3 Å². The van der Waals surface area contributed by atoms with Crippen LogP contribution in [-0.4, -0.2) is 54.9 Å². The van der Waals surface area contributed by atoms with Crippen LogP contribution >= 0.6 is 0 Å². The smallest absolute Gasteiger partial charge is 0.253 e. The number of amides is 1. The van der Waals surface area contributed by atoms with Gasteiger partial charge in [0.2, 0.25) is 10.0 Å². The van der Waals surface area contributed by atoms with Crippen LogP contribution < -0.4 is 15.6 Å². The van der Waals surface area contributed by atoms with Crippen LogP contribution in [0.2, 0.25) is 0 Å². The first-order valence-corrected chi connectivity index (χ1v) is 12.9. The van der Waals surface area contributed by atoms with E-state index in [9.17, 15) is 18.0 Å². The maximum absolute atomic E-state index is 12.8. The van der Waals surface area contributed by atoms with E-state index in [0.29, 0.717) is 24.3 Å². The van der Waals surface area contributed by atoms with Gasteiger partial charge >= 0.3 is 0 Å². The predicted octanol–water partition coefficient (Wildman–Crippen LogP) is 2.52. The van der Waals surface area contributed by atoms with Crippen molar-refractivity contribution in [1.29, 1.82) is 0 Å². The molecule has 184 valence electrons. The van der Waals surface area contributed by atoms with Crippen LogP contribution in [0.4, 0.5) is 0 Å². The summed E-state index contributed by atoms with van der Waals surface area (Å²) >= 11 is 0. The molecule has 0 bridgehead atoms. The van der Waals surface area contributed by atoms with Gasteiger partial charge in [-0.3, -0.25) is 14.2 Å². The average Bonchev–Trinajstić information content (AvgIpc) is 2.90. The fourth-order valence-electron chi connectivity index (χ4n) is 3.94. The minimum atomic E-state index is -3.54. The Kier molecular flexibility index (Phi) is 7.62. The molecule has 2 aromatic carbocycles. The minimum absolute atomic E-state index is 0.186. The van der Waals surface area contributed by atoms with E-state index in [1.54, 1.807) is 19.2 Å². The lowest BCUT2D eigenvalue weighted by Gasteiger charge is -2.25. The molecule has 3 aromatic rings. The average molecular weight is 497 g/mol. The summed E-state index contributed by atoms with van der Waals surface area (Å²) in [6.45, 7) is 1.53. The number of benzene rings is 2. The van der Waals surface area contributed by atoms with Gasteiger partial charge in [-0.05, 0) is 61.4 Å². The van der Waals surface area contributed by atoms with E-state index < -0.39 is 10.0 Å². The van der Waals surface area contributed by atoms with E-state index in [-0.39, 0.29) is 29.5 Å². The molecule has 10 heteroatoms. The van der Waals surface area contributed by atoms with Crippen LogP contribution in [0.3, 0.4) is 0 Å². The molecule has 0 saturated carbocycles. The second-order valence-electron chi connectivity index (χ2n) is 8.28. The number of carbonyl (C=O) groups excluding carboxylic acids is 1. The summed E-state index contributed by atoms with van der Waals surface area (Å²) < 4.78 is 33.6. The van der Waals surface area contributed by atoms with E-state index in [0.717, 1.165) is 30.6 Å². The Labute approximate surface area is 204 Å². The number of carbonyl (C=O) groups is 1. The van der Waals surface area contributed by atoms with Gasteiger partial charge in [-0.25, -0.2) is 13.4 Å². The largest absolute Gasteiger partial charge is 0.497 e. The van der Waals surface area contributed by atoms with Gasteiger partial charge in [0.15, 0.2) is 0 Å². The molecular formula is C25H28N4O5S. The molecule has 1 aliphatic rings. The third-order valence-electron chi connectivity index (χ3n) is 5.97.